The van der Waals surface area contributed by atoms with E-state index in [2.05, 4.69) is 65.6 Å². The largest absolute Gasteiger partial charge is 0.481 e. The van der Waals surface area contributed by atoms with E-state index in [1.165, 1.54) is 42.4 Å². The number of hydrogen-bond acceptors (Lipinski definition) is 5. The summed E-state index contributed by atoms with van der Waals surface area (Å²) in [4.78, 5) is 27.2. The van der Waals surface area contributed by atoms with Crippen LogP contribution in [0.1, 0.15) is 119 Å². The molecular weight excluding hydrogens is 676 g/mol. The Balaban J connectivity index is 1.14. The Morgan fingerprint density at radius 3 is 2.25 bits per heavy atom. The van der Waals surface area contributed by atoms with Gasteiger partial charge in [-0.3, -0.25) is 9.59 Å². The van der Waals surface area contributed by atoms with E-state index in [0.29, 0.717) is 55.5 Å². The van der Waals surface area contributed by atoms with Crippen molar-refractivity contribution in [2.75, 3.05) is 37.8 Å². The third-order valence-electron chi connectivity index (χ3n) is 17.6. The fourth-order valence-electron chi connectivity index (χ4n) is 14.4. The molecule has 0 aromatic rings. The lowest BCUT2D eigenvalue weighted by Crippen LogP contribution is -2.68. The summed E-state index contributed by atoms with van der Waals surface area (Å²) in [5.41, 5.74) is 2.95. The summed E-state index contributed by atoms with van der Waals surface area (Å²) >= 11 is 0. The standard InChI is InChI=1S/C43H65FN2O5S/c1-28(2)30-12-19-43(45-26-35(47)46-22-24-52(50,51)25-23-46)21-20-40(6)32(36(30)43)8-9-34-39(5)15-13-31(38(3,4)33(39)14-16-41(34,40)7)29-10-17-42(27-44,18-11-29)37(48)49/h10,13,30,32-34,36,45H,1,8-9,11-12,14-27H2,2-7H3,(H,48,49)/t30-,32+,33-,34+,36+,39-,40+,41?,42-,43-/m0/s1. The molecule has 1 heterocycles. The Labute approximate surface area is 312 Å². The molecule has 0 bridgehead atoms. The molecule has 52 heavy (non-hydrogen) atoms. The number of alkyl halides is 1. The van der Waals surface area contributed by atoms with Crippen LogP contribution in [-0.4, -0.2) is 73.7 Å². The lowest BCUT2D eigenvalue weighted by molar-refractivity contribution is -0.221. The zero-order valence-electron chi connectivity index (χ0n) is 32.8. The zero-order valence-corrected chi connectivity index (χ0v) is 33.6. The highest BCUT2D eigenvalue weighted by molar-refractivity contribution is 7.91. The fourth-order valence-corrected chi connectivity index (χ4v) is 15.6. The van der Waals surface area contributed by atoms with Gasteiger partial charge in [-0.2, -0.15) is 0 Å². The minimum absolute atomic E-state index is 0.0250. The van der Waals surface area contributed by atoms with E-state index in [4.69, 9.17) is 0 Å². The van der Waals surface area contributed by atoms with Crippen molar-refractivity contribution in [2.24, 2.45) is 56.7 Å². The third kappa shape index (κ3) is 5.57. The van der Waals surface area contributed by atoms with Gasteiger partial charge in [-0.05, 0) is 146 Å². The Morgan fingerprint density at radius 2 is 1.63 bits per heavy atom. The highest BCUT2D eigenvalue weighted by Gasteiger charge is 2.70. The number of carbonyl (C=O) groups is 2. The van der Waals surface area contributed by atoms with Crippen LogP contribution in [0.2, 0.25) is 0 Å². The van der Waals surface area contributed by atoms with E-state index in [1.54, 1.807) is 4.90 Å². The highest BCUT2D eigenvalue weighted by Crippen LogP contribution is 2.76. The molecule has 0 aromatic carbocycles. The van der Waals surface area contributed by atoms with Crippen molar-refractivity contribution in [1.29, 1.82) is 0 Å². The smallest absolute Gasteiger partial charge is 0.312 e. The highest BCUT2D eigenvalue weighted by atomic mass is 32.2. The van der Waals surface area contributed by atoms with Gasteiger partial charge in [-0.25, -0.2) is 12.8 Å². The molecule has 1 saturated heterocycles. The number of allylic oxidation sites excluding steroid dienone is 5. The first-order valence-corrected chi connectivity index (χ1v) is 22.2. The molecule has 7 nitrogen and oxygen atoms in total. The van der Waals surface area contributed by atoms with Crippen LogP contribution in [0.3, 0.4) is 0 Å². The van der Waals surface area contributed by atoms with Crippen LogP contribution in [0.5, 0.6) is 0 Å². The number of carboxylic acid groups (broad SMARTS) is 1. The van der Waals surface area contributed by atoms with Gasteiger partial charge in [0.15, 0.2) is 9.84 Å². The van der Waals surface area contributed by atoms with Crippen molar-refractivity contribution < 1.29 is 27.5 Å². The molecule has 1 aliphatic heterocycles. The van der Waals surface area contributed by atoms with E-state index >= 15 is 0 Å². The van der Waals surface area contributed by atoms with E-state index in [1.807, 2.05) is 0 Å². The molecule has 0 spiro atoms. The van der Waals surface area contributed by atoms with Gasteiger partial charge in [0.2, 0.25) is 5.91 Å². The van der Waals surface area contributed by atoms with Gasteiger partial charge in [0.05, 0.1) is 23.5 Å². The van der Waals surface area contributed by atoms with Crippen LogP contribution in [0.15, 0.2) is 35.5 Å². The Morgan fingerprint density at radius 1 is 0.923 bits per heavy atom. The van der Waals surface area contributed by atoms with Crippen LogP contribution in [0, 0.1) is 56.7 Å². The Hall–Kier alpha value is -2.00. The molecule has 10 atom stereocenters. The Bertz CT molecular complexity index is 1670. The number of carbonyl (C=O) groups excluding carboxylic acids is 1. The summed E-state index contributed by atoms with van der Waals surface area (Å²) < 4.78 is 38.0. The number of nitrogens with one attached hydrogen (secondary N) is 1. The normalized spacial score (nSPS) is 45.0. The predicted octanol–water partition coefficient (Wildman–Crippen LogP) is 7.93. The van der Waals surface area contributed by atoms with Gasteiger partial charge in [-0.15, -0.1) is 0 Å². The third-order valence-corrected chi connectivity index (χ3v) is 19.2. The first-order chi connectivity index (χ1) is 24.3. The number of amides is 1. The molecule has 9 heteroatoms. The quantitative estimate of drug-likeness (QED) is 0.257. The number of hydrogen-bond donors (Lipinski definition) is 2. The fraction of sp³-hybridized carbons (Fsp3) is 0.814. The number of aliphatic carboxylic acids is 1. The van der Waals surface area contributed by atoms with Crippen LogP contribution in [0.25, 0.3) is 0 Å². The minimum Gasteiger partial charge on any atom is -0.481 e. The van der Waals surface area contributed by atoms with Crippen molar-refractivity contribution in [1.82, 2.24) is 10.2 Å². The molecule has 6 aliphatic carbocycles. The summed E-state index contributed by atoms with van der Waals surface area (Å²) in [5.74, 6) is 1.63. The van der Waals surface area contributed by atoms with Crippen LogP contribution < -0.4 is 5.32 Å². The van der Waals surface area contributed by atoms with Gasteiger partial charge < -0.3 is 15.3 Å². The minimum atomic E-state index is -3.05. The van der Waals surface area contributed by atoms with Crippen molar-refractivity contribution in [3.8, 4) is 0 Å². The number of nitrogens with zero attached hydrogens (tertiary/aromatic N) is 1. The second-order valence-corrected chi connectivity index (χ2v) is 22.2. The SMILES string of the molecule is C=C(C)[C@@H]1CC[C@]2(NCC(=O)N3CCS(=O)(=O)CC3)CC[C@]3(C)[C@H](CC[C@H]4C3(C)CC[C@H]3C(C)(C)C(C5=CC[C@](CF)(C(=O)O)CC5)=CC[C@@]34C)[C@@H]12. The number of halogens is 1. The number of carboxylic acids is 1. The molecule has 7 rings (SSSR count). The molecular formula is C43H65FN2O5S. The van der Waals surface area contributed by atoms with Gasteiger partial charge in [0, 0.05) is 18.6 Å². The molecule has 290 valence electrons. The molecule has 0 radical (unpaired) electrons. The number of sulfone groups is 1. The van der Waals surface area contributed by atoms with Crippen LogP contribution in [0.4, 0.5) is 4.39 Å². The predicted molar refractivity (Wildman–Crippen MR) is 204 cm³/mol. The number of rotatable bonds is 7. The summed E-state index contributed by atoms with van der Waals surface area (Å²) in [6, 6.07) is 0. The first kappa shape index (κ1) is 38.3. The van der Waals surface area contributed by atoms with Gasteiger partial charge >= 0.3 is 5.97 Å². The average Bonchev–Trinajstić information content (AvgIpc) is 3.48. The molecule has 7 aliphatic rings. The van der Waals surface area contributed by atoms with Crippen LogP contribution in [-0.2, 0) is 19.4 Å². The zero-order chi connectivity index (χ0) is 37.7. The van der Waals surface area contributed by atoms with E-state index < -0.39 is 27.9 Å². The van der Waals surface area contributed by atoms with E-state index in [-0.39, 0.29) is 57.6 Å². The monoisotopic (exact) mass is 740 g/mol. The van der Waals surface area contributed by atoms with Gasteiger partial charge in [0.25, 0.3) is 0 Å². The van der Waals surface area contributed by atoms with Crippen molar-refractivity contribution in [3.63, 3.8) is 0 Å². The summed E-state index contributed by atoms with van der Waals surface area (Å²) in [6.45, 7) is 19.5. The maximum atomic E-state index is 14.0. The molecule has 0 aromatic heterocycles. The van der Waals surface area contributed by atoms with E-state index in [9.17, 15) is 27.5 Å². The molecule has 1 amide bonds. The average molecular weight is 741 g/mol. The summed E-state index contributed by atoms with van der Waals surface area (Å²) in [5, 5.41) is 13.7. The molecule has 1 unspecified atom stereocenters. The first-order valence-electron chi connectivity index (χ1n) is 20.4. The summed E-state index contributed by atoms with van der Waals surface area (Å²) in [6.07, 6.45) is 16.0. The second-order valence-electron chi connectivity index (χ2n) is 19.9. The maximum absolute atomic E-state index is 14.0. The molecule has 4 saturated carbocycles. The van der Waals surface area contributed by atoms with Gasteiger partial charge in [0.1, 0.15) is 6.67 Å². The lowest BCUT2D eigenvalue weighted by atomic mass is 9.33. The lowest BCUT2D eigenvalue weighted by Gasteiger charge is -2.72. The van der Waals surface area contributed by atoms with Crippen molar-refractivity contribution in [2.45, 2.75) is 124 Å². The number of fused-ring (bicyclic) bond motifs is 7. The topological polar surface area (TPSA) is 104 Å². The van der Waals surface area contributed by atoms with Crippen molar-refractivity contribution in [3.05, 3.63) is 35.5 Å². The van der Waals surface area contributed by atoms with Crippen LogP contribution >= 0.6 is 0 Å². The van der Waals surface area contributed by atoms with Crippen molar-refractivity contribution >= 4 is 21.7 Å². The van der Waals surface area contributed by atoms with E-state index in [0.717, 1.165) is 32.1 Å². The molecule has 5 fully saturated rings. The van der Waals surface area contributed by atoms with Gasteiger partial charge in [-0.1, -0.05) is 58.9 Å². The maximum Gasteiger partial charge on any atom is 0.312 e. The second kappa shape index (κ2) is 12.8. The Kier molecular flexibility index (Phi) is 9.41. The molecule has 2 N–H and O–H groups in total. The summed E-state index contributed by atoms with van der Waals surface area (Å²) in [7, 11) is -3.05.